The van der Waals surface area contributed by atoms with Crippen molar-refractivity contribution in [3.05, 3.63) is 75.3 Å². The molecule has 2 amide bonds. The van der Waals surface area contributed by atoms with Crippen molar-refractivity contribution in [1.82, 2.24) is 5.32 Å². The first-order valence-corrected chi connectivity index (χ1v) is 9.27. The maximum atomic E-state index is 12.6. The van der Waals surface area contributed by atoms with E-state index in [0.717, 1.165) is 0 Å². The molecule has 0 aliphatic rings. The zero-order valence-electron chi connectivity index (χ0n) is 16.6. The third kappa shape index (κ3) is 6.11. The Morgan fingerprint density at radius 3 is 2.26 bits per heavy atom. The first kappa shape index (κ1) is 23.0. The predicted molar refractivity (Wildman–Crippen MR) is 109 cm³/mol. The molecule has 0 bridgehead atoms. The van der Waals surface area contributed by atoms with Crippen molar-refractivity contribution in [3.8, 4) is 6.07 Å². The second kappa shape index (κ2) is 10.5. The van der Waals surface area contributed by atoms with E-state index in [4.69, 9.17) is 15.7 Å². The van der Waals surface area contributed by atoms with Crippen LogP contribution in [0.3, 0.4) is 0 Å². The average molecular weight is 424 g/mol. The number of nitro groups is 1. The Morgan fingerprint density at radius 1 is 1.16 bits per heavy atom. The van der Waals surface area contributed by atoms with Crippen LogP contribution in [-0.4, -0.2) is 35.4 Å². The number of non-ortho nitro benzene ring substituents is 1. The fourth-order valence-electron chi connectivity index (χ4n) is 2.96. The normalized spacial score (nSPS) is 12.1. The Bertz CT molecular complexity index is 1010. The molecule has 0 aromatic heterocycles. The van der Waals surface area contributed by atoms with Gasteiger partial charge in [-0.1, -0.05) is 12.1 Å². The summed E-state index contributed by atoms with van der Waals surface area (Å²) < 4.78 is 4.96. The number of nitriles is 1. The van der Waals surface area contributed by atoms with E-state index in [-0.39, 0.29) is 24.3 Å². The van der Waals surface area contributed by atoms with Gasteiger partial charge in [0.2, 0.25) is 5.91 Å². The molecule has 0 fully saturated rings. The van der Waals surface area contributed by atoms with Gasteiger partial charge in [0, 0.05) is 23.6 Å². The van der Waals surface area contributed by atoms with Crippen molar-refractivity contribution < 1.29 is 24.0 Å². The molecule has 10 nitrogen and oxygen atoms in total. The minimum atomic E-state index is -1.30. The molecule has 10 heteroatoms. The Kier molecular flexibility index (Phi) is 7.80. The fourth-order valence-corrected chi connectivity index (χ4v) is 2.96. The van der Waals surface area contributed by atoms with Gasteiger partial charge in [0.15, 0.2) is 0 Å². The van der Waals surface area contributed by atoms with E-state index in [9.17, 15) is 24.5 Å². The molecule has 31 heavy (non-hydrogen) atoms. The number of nitrogens with zero attached hydrogens (tertiary/aromatic N) is 2. The summed E-state index contributed by atoms with van der Waals surface area (Å²) in [6.07, 6.45) is -0.285. The van der Waals surface area contributed by atoms with Gasteiger partial charge in [-0.15, -0.1) is 0 Å². The van der Waals surface area contributed by atoms with E-state index >= 15 is 0 Å². The zero-order valence-corrected chi connectivity index (χ0v) is 16.6. The Labute approximate surface area is 177 Å². The van der Waals surface area contributed by atoms with Crippen LogP contribution >= 0.6 is 0 Å². The van der Waals surface area contributed by atoms with Crippen molar-refractivity contribution in [2.75, 3.05) is 6.61 Å². The summed E-state index contributed by atoms with van der Waals surface area (Å²) in [5.74, 6) is -3.07. The minimum Gasteiger partial charge on any atom is -0.466 e. The first-order valence-electron chi connectivity index (χ1n) is 9.27. The van der Waals surface area contributed by atoms with Crippen LogP contribution in [0, 0.1) is 21.4 Å². The molecule has 2 aromatic carbocycles. The highest BCUT2D eigenvalue weighted by molar-refractivity contribution is 5.97. The maximum absolute atomic E-state index is 12.6. The van der Waals surface area contributed by atoms with Crippen LogP contribution in [0.5, 0.6) is 0 Å². The minimum absolute atomic E-state index is 0.116. The van der Waals surface area contributed by atoms with Crippen molar-refractivity contribution in [2.45, 2.75) is 25.3 Å². The highest BCUT2D eigenvalue weighted by Crippen LogP contribution is 2.27. The number of esters is 1. The first-order chi connectivity index (χ1) is 14.8. The van der Waals surface area contributed by atoms with Crippen LogP contribution in [-0.2, 0) is 14.3 Å². The third-order valence-corrected chi connectivity index (χ3v) is 4.50. The molecule has 0 spiro atoms. The summed E-state index contributed by atoms with van der Waals surface area (Å²) in [7, 11) is 0. The smallest absolute Gasteiger partial charge is 0.306 e. The highest BCUT2D eigenvalue weighted by atomic mass is 16.6. The van der Waals surface area contributed by atoms with Crippen molar-refractivity contribution >= 4 is 23.5 Å². The quantitative estimate of drug-likeness (QED) is 0.352. The molecule has 2 atom stereocenters. The van der Waals surface area contributed by atoms with Gasteiger partial charge in [-0.2, -0.15) is 5.26 Å². The Hall–Kier alpha value is -4.26. The highest BCUT2D eigenvalue weighted by Gasteiger charge is 2.32. The molecule has 2 rings (SSSR count). The molecular formula is C21H20N4O6. The molecule has 0 saturated heterocycles. The number of benzene rings is 2. The lowest BCUT2D eigenvalue weighted by molar-refractivity contribution is -0.384. The second-order valence-corrected chi connectivity index (χ2v) is 6.51. The Morgan fingerprint density at radius 2 is 1.77 bits per heavy atom. The van der Waals surface area contributed by atoms with Crippen molar-refractivity contribution in [3.63, 3.8) is 0 Å². The van der Waals surface area contributed by atoms with Gasteiger partial charge in [0.05, 0.1) is 29.6 Å². The van der Waals surface area contributed by atoms with Gasteiger partial charge < -0.3 is 15.8 Å². The molecule has 160 valence electrons. The number of amides is 2. The number of nitro benzene ring substituents is 1. The van der Waals surface area contributed by atoms with E-state index < -0.39 is 34.7 Å². The maximum Gasteiger partial charge on any atom is 0.306 e. The number of nitrogens with one attached hydrogen (secondary N) is 1. The van der Waals surface area contributed by atoms with E-state index in [1.165, 1.54) is 48.5 Å². The summed E-state index contributed by atoms with van der Waals surface area (Å²) in [6.45, 7) is 1.74. The number of hydrogen-bond donors (Lipinski definition) is 2. The fraction of sp³-hybridized carbons (Fsp3) is 0.238. The molecule has 3 N–H and O–H groups in total. The number of nitrogens with two attached hydrogens (primary N) is 1. The number of rotatable bonds is 9. The SMILES string of the molecule is CCOC(=O)C[C@H](c1ccc([N+](=O)[O-])cc1)[C@H](NC(=O)c1ccc(C#N)cc1)C(N)=O. The van der Waals surface area contributed by atoms with Crippen LogP contribution in [0.1, 0.15) is 40.7 Å². The van der Waals surface area contributed by atoms with Gasteiger partial charge in [-0.25, -0.2) is 0 Å². The summed E-state index contributed by atoms with van der Waals surface area (Å²) >= 11 is 0. The van der Waals surface area contributed by atoms with Crippen LogP contribution in [0.15, 0.2) is 48.5 Å². The summed E-state index contributed by atoms with van der Waals surface area (Å²) in [5, 5.41) is 22.3. The van der Waals surface area contributed by atoms with Crippen LogP contribution in [0.2, 0.25) is 0 Å². The zero-order chi connectivity index (χ0) is 23.0. The lowest BCUT2D eigenvalue weighted by atomic mass is 9.87. The molecule has 0 aliphatic carbocycles. The lowest BCUT2D eigenvalue weighted by Crippen LogP contribution is -2.48. The molecule has 0 unspecified atom stereocenters. The van der Waals surface area contributed by atoms with E-state index in [0.29, 0.717) is 11.1 Å². The average Bonchev–Trinajstić information content (AvgIpc) is 2.76. The largest absolute Gasteiger partial charge is 0.466 e. The van der Waals surface area contributed by atoms with E-state index in [1.807, 2.05) is 6.07 Å². The lowest BCUT2D eigenvalue weighted by Gasteiger charge is -2.25. The molecule has 2 aromatic rings. The van der Waals surface area contributed by atoms with Gasteiger partial charge >= 0.3 is 5.97 Å². The predicted octanol–water partition coefficient (Wildman–Crippen LogP) is 1.79. The van der Waals surface area contributed by atoms with E-state index in [1.54, 1.807) is 6.92 Å². The van der Waals surface area contributed by atoms with Crippen LogP contribution in [0.25, 0.3) is 0 Å². The van der Waals surface area contributed by atoms with Crippen LogP contribution < -0.4 is 11.1 Å². The third-order valence-electron chi connectivity index (χ3n) is 4.50. The Balaban J connectivity index is 2.36. The second-order valence-electron chi connectivity index (χ2n) is 6.51. The topological polar surface area (TPSA) is 165 Å². The van der Waals surface area contributed by atoms with Gasteiger partial charge in [-0.05, 0) is 36.8 Å². The number of primary amides is 1. The summed E-state index contributed by atoms with van der Waals surface area (Å²) in [6, 6.07) is 11.6. The number of carbonyl (C=O) groups is 3. The van der Waals surface area contributed by atoms with Gasteiger partial charge in [0.25, 0.3) is 11.6 Å². The van der Waals surface area contributed by atoms with Crippen molar-refractivity contribution in [1.29, 1.82) is 5.26 Å². The summed E-state index contributed by atoms with van der Waals surface area (Å²) in [4.78, 5) is 47.3. The molecular weight excluding hydrogens is 404 g/mol. The van der Waals surface area contributed by atoms with Gasteiger partial charge in [-0.3, -0.25) is 24.5 Å². The van der Waals surface area contributed by atoms with Gasteiger partial charge in [0.1, 0.15) is 6.04 Å². The number of carbonyl (C=O) groups excluding carboxylic acids is 3. The molecule has 0 saturated carbocycles. The molecule has 0 heterocycles. The molecule has 0 aliphatic heterocycles. The number of ether oxygens (including phenoxy) is 1. The van der Waals surface area contributed by atoms with Crippen molar-refractivity contribution in [2.24, 2.45) is 5.73 Å². The molecule has 0 radical (unpaired) electrons. The summed E-state index contributed by atoms with van der Waals surface area (Å²) in [5.41, 5.74) is 6.28. The monoisotopic (exact) mass is 424 g/mol. The van der Waals surface area contributed by atoms with Crippen LogP contribution in [0.4, 0.5) is 5.69 Å². The van der Waals surface area contributed by atoms with E-state index in [2.05, 4.69) is 5.32 Å². The standard InChI is InChI=1S/C21H20N4O6/c1-2-31-18(26)11-17(14-7-9-16(10-8-14)25(29)30)19(20(23)27)24-21(28)15-5-3-13(12-22)4-6-15/h3-10,17,19H,2,11H2,1H3,(H2,23,27)(H,24,28)/t17-,19+/m1/s1. The number of hydrogen-bond acceptors (Lipinski definition) is 7.